The Labute approximate surface area is 83.3 Å². The van der Waals surface area contributed by atoms with E-state index in [1.807, 2.05) is 22.6 Å². The van der Waals surface area contributed by atoms with Crippen LogP contribution in [0.1, 0.15) is 0 Å². The molecule has 0 aromatic heterocycles. The van der Waals surface area contributed by atoms with Gasteiger partial charge in [-0.05, 0) is 6.08 Å². The van der Waals surface area contributed by atoms with Crippen molar-refractivity contribution in [2.75, 3.05) is 7.11 Å². The molecule has 0 heterocycles. The number of carbonyl (C=O) groups excluding carboxylic acids is 2. The minimum atomic E-state index is -0.585. The number of alkyl halides is 1. The number of methoxy groups -OCH3 is 1. The van der Waals surface area contributed by atoms with Crippen LogP contribution in [0.5, 0.6) is 0 Å². The zero-order valence-corrected chi connectivity index (χ0v) is 8.57. The van der Waals surface area contributed by atoms with Gasteiger partial charge in [-0.15, -0.1) is 0 Å². The number of esters is 1. The van der Waals surface area contributed by atoms with E-state index in [-0.39, 0.29) is 23.6 Å². The lowest BCUT2D eigenvalue weighted by Crippen LogP contribution is -2.23. The molecule has 0 spiro atoms. The molecule has 0 bridgehead atoms. The van der Waals surface area contributed by atoms with Crippen molar-refractivity contribution in [3.8, 4) is 0 Å². The maximum Gasteiger partial charge on any atom is 0.323 e. The van der Waals surface area contributed by atoms with Gasteiger partial charge in [0.1, 0.15) is 3.42 Å². The van der Waals surface area contributed by atoms with Gasteiger partial charge in [-0.2, -0.15) is 0 Å². The molecule has 2 rings (SSSR count). The molecule has 0 aromatic rings. The SMILES string of the molecule is COC(=O)[C@@]1(I)[C@@H]2C=CC(=O)[C@@H]21. The molecule has 0 N–H and O–H groups in total. The molecule has 2 aliphatic rings. The fourth-order valence-corrected chi connectivity index (χ4v) is 3.04. The first-order chi connectivity index (χ1) is 5.62. The highest BCUT2D eigenvalue weighted by Gasteiger charge is 2.72. The normalized spacial score (nSPS) is 42.7. The first-order valence-electron chi connectivity index (χ1n) is 3.61. The van der Waals surface area contributed by atoms with Crippen molar-refractivity contribution in [3.63, 3.8) is 0 Å². The molecule has 64 valence electrons. The Morgan fingerprint density at radius 1 is 1.75 bits per heavy atom. The summed E-state index contributed by atoms with van der Waals surface area (Å²) >= 11 is 2.02. The van der Waals surface area contributed by atoms with Crippen molar-refractivity contribution in [2.24, 2.45) is 11.8 Å². The van der Waals surface area contributed by atoms with Crippen LogP contribution in [0.4, 0.5) is 0 Å². The fraction of sp³-hybridized carbons (Fsp3) is 0.500. The molecule has 0 aromatic carbocycles. The van der Waals surface area contributed by atoms with Crippen LogP contribution in [0, 0.1) is 11.8 Å². The quantitative estimate of drug-likeness (QED) is 0.403. The number of fused-ring (bicyclic) bond motifs is 1. The van der Waals surface area contributed by atoms with E-state index in [0.29, 0.717) is 0 Å². The summed E-state index contributed by atoms with van der Waals surface area (Å²) < 4.78 is 4.04. The van der Waals surface area contributed by atoms with Gasteiger partial charge < -0.3 is 4.74 Å². The summed E-state index contributed by atoms with van der Waals surface area (Å²) in [5.74, 6) is -0.292. The number of carbonyl (C=O) groups is 2. The summed E-state index contributed by atoms with van der Waals surface area (Å²) in [6.07, 6.45) is 3.35. The van der Waals surface area contributed by atoms with E-state index in [0.717, 1.165) is 0 Å². The Morgan fingerprint density at radius 3 is 2.83 bits per heavy atom. The molecule has 0 saturated heterocycles. The van der Waals surface area contributed by atoms with Crippen LogP contribution in [0.3, 0.4) is 0 Å². The first kappa shape index (κ1) is 8.22. The lowest BCUT2D eigenvalue weighted by Gasteiger charge is -2.06. The average molecular weight is 278 g/mol. The van der Waals surface area contributed by atoms with Crippen LogP contribution in [-0.2, 0) is 14.3 Å². The Morgan fingerprint density at radius 2 is 2.42 bits per heavy atom. The Hall–Kier alpha value is -0.390. The summed E-state index contributed by atoms with van der Waals surface area (Å²) in [7, 11) is 1.35. The number of ketones is 1. The lowest BCUT2D eigenvalue weighted by atomic mass is 10.2. The molecule has 0 radical (unpaired) electrons. The minimum Gasteiger partial charge on any atom is -0.468 e. The summed E-state index contributed by atoms with van der Waals surface area (Å²) in [6.45, 7) is 0. The van der Waals surface area contributed by atoms with Gasteiger partial charge in [0.05, 0.1) is 13.0 Å². The van der Waals surface area contributed by atoms with Crippen LogP contribution in [0.25, 0.3) is 0 Å². The average Bonchev–Trinajstić information content (AvgIpc) is 2.44. The highest BCUT2D eigenvalue weighted by Crippen LogP contribution is 2.62. The van der Waals surface area contributed by atoms with E-state index < -0.39 is 3.42 Å². The largest absolute Gasteiger partial charge is 0.468 e. The van der Waals surface area contributed by atoms with Gasteiger partial charge in [-0.1, -0.05) is 28.7 Å². The molecule has 1 fully saturated rings. The summed E-state index contributed by atoms with van der Waals surface area (Å²) in [4.78, 5) is 22.4. The number of hydrogen-bond donors (Lipinski definition) is 0. The molecular formula is C8H7IO3. The van der Waals surface area contributed by atoms with Gasteiger partial charge in [0.15, 0.2) is 5.78 Å². The summed E-state index contributed by atoms with van der Waals surface area (Å²) in [5.41, 5.74) is 0. The molecule has 4 heteroatoms. The Kier molecular flexibility index (Phi) is 1.58. The smallest absolute Gasteiger partial charge is 0.323 e. The number of rotatable bonds is 1. The predicted octanol–water partition coefficient (Wildman–Crippen LogP) is 0.718. The summed E-state index contributed by atoms with van der Waals surface area (Å²) in [6, 6.07) is 0. The van der Waals surface area contributed by atoms with E-state index in [9.17, 15) is 9.59 Å². The second kappa shape index (κ2) is 2.31. The third-order valence-electron chi connectivity index (χ3n) is 2.46. The van der Waals surface area contributed by atoms with E-state index in [1.165, 1.54) is 7.11 Å². The van der Waals surface area contributed by atoms with Crippen LogP contribution in [-0.4, -0.2) is 22.3 Å². The highest BCUT2D eigenvalue weighted by molar-refractivity contribution is 14.1. The van der Waals surface area contributed by atoms with Gasteiger partial charge in [-0.25, -0.2) is 0 Å². The molecule has 3 atom stereocenters. The Bertz CT molecular complexity index is 297. The minimum absolute atomic E-state index is 0.0554. The zero-order chi connectivity index (χ0) is 8.93. The van der Waals surface area contributed by atoms with E-state index in [4.69, 9.17) is 0 Å². The standard InChI is InChI=1S/C8H7IO3/c1-12-7(11)8(9)4-2-3-5(10)6(4)8/h2-4,6H,1H3/t4-,6-,8-/m1/s1. The molecule has 1 saturated carbocycles. The highest BCUT2D eigenvalue weighted by atomic mass is 127. The van der Waals surface area contributed by atoms with Gasteiger partial charge >= 0.3 is 5.97 Å². The second-order valence-corrected chi connectivity index (χ2v) is 4.81. The van der Waals surface area contributed by atoms with Gasteiger partial charge in [0.25, 0.3) is 0 Å². The van der Waals surface area contributed by atoms with Crippen molar-refractivity contribution < 1.29 is 14.3 Å². The maximum atomic E-state index is 11.2. The molecule has 12 heavy (non-hydrogen) atoms. The zero-order valence-electron chi connectivity index (χ0n) is 6.41. The number of ether oxygens (including phenoxy) is 1. The number of hydrogen-bond acceptors (Lipinski definition) is 3. The second-order valence-electron chi connectivity index (χ2n) is 3.02. The van der Waals surface area contributed by atoms with Crippen molar-refractivity contribution >= 4 is 34.3 Å². The van der Waals surface area contributed by atoms with Gasteiger partial charge in [-0.3, -0.25) is 9.59 Å². The van der Waals surface area contributed by atoms with Crippen LogP contribution >= 0.6 is 22.6 Å². The first-order valence-corrected chi connectivity index (χ1v) is 4.69. The van der Waals surface area contributed by atoms with Crippen LogP contribution < -0.4 is 0 Å². The van der Waals surface area contributed by atoms with Crippen LogP contribution in [0.15, 0.2) is 12.2 Å². The molecular weight excluding hydrogens is 271 g/mol. The van der Waals surface area contributed by atoms with Crippen molar-refractivity contribution in [1.82, 2.24) is 0 Å². The molecule has 0 amide bonds. The molecule has 3 nitrogen and oxygen atoms in total. The van der Waals surface area contributed by atoms with Crippen molar-refractivity contribution in [2.45, 2.75) is 3.42 Å². The Balaban J connectivity index is 2.25. The fourth-order valence-electron chi connectivity index (χ4n) is 1.74. The van der Waals surface area contributed by atoms with Crippen LogP contribution in [0.2, 0.25) is 0 Å². The summed E-state index contributed by atoms with van der Waals surface area (Å²) in [5, 5.41) is 0. The van der Waals surface area contributed by atoms with E-state index >= 15 is 0 Å². The van der Waals surface area contributed by atoms with Gasteiger partial charge in [0.2, 0.25) is 0 Å². The monoisotopic (exact) mass is 278 g/mol. The third-order valence-corrected chi connectivity index (χ3v) is 4.29. The molecule has 0 unspecified atom stereocenters. The number of halogens is 1. The number of allylic oxidation sites excluding steroid dienone is 2. The van der Waals surface area contributed by atoms with E-state index in [1.54, 1.807) is 12.2 Å². The third kappa shape index (κ3) is 0.760. The molecule has 2 aliphatic carbocycles. The maximum absolute atomic E-state index is 11.2. The molecule has 0 aliphatic heterocycles. The topological polar surface area (TPSA) is 43.4 Å². The van der Waals surface area contributed by atoms with Gasteiger partial charge in [0, 0.05) is 5.92 Å². The van der Waals surface area contributed by atoms with Crippen molar-refractivity contribution in [3.05, 3.63) is 12.2 Å². The predicted molar refractivity (Wildman–Crippen MR) is 49.9 cm³/mol. The lowest BCUT2D eigenvalue weighted by molar-refractivity contribution is -0.141. The van der Waals surface area contributed by atoms with E-state index in [2.05, 4.69) is 4.74 Å². The van der Waals surface area contributed by atoms with Crippen molar-refractivity contribution in [1.29, 1.82) is 0 Å².